The predicted molar refractivity (Wildman–Crippen MR) is 162 cm³/mol. The number of benzene rings is 4. The normalized spacial score (nSPS) is 11.1. The molecule has 0 aliphatic rings. The Labute approximate surface area is 261 Å². The van der Waals surface area contributed by atoms with Gasteiger partial charge in [0.25, 0.3) is 0 Å². The number of phenolic OH excluding ortho intramolecular Hbond substituents is 5. The van der Waals surface area contributed by atoms with Crippen LogP contribution in [0.15, 0.2) is 45.6 Å². The molecule has 14 heteroatoms. The van der Waals surface area contributed by atoms with Crippen LogP contribution in [0, 0.1) is 0 Å². The topological polar surface area (TPSA) is 257 Å². The summed E-state index contributed by atoms with van der Waals surface area (Å²) in [5.41, 5.74) is -6.06. The highest BCUT2D eigenvalue weighted by Crippen LogP contribution is 2.42. The van der Waals surface area contributed by atoms with Gasteiger partial charge in [-0.3, -0.25) is 24.0 Å². The minimum absolute atomic E-state index is 0.196. The number of hydrogen-bond donors (Lipinski definition) is 7. The van der Waals surface area contributed by atoms with Crippen LogP contribution in [0.4, 0.5) is 0 Å². The average Bonchev–Trinajstić information content (AvgIpc) is 2.98. The summed E-state index contributed by atoms with van der Waals surface area (Å²) < 4.78 is 5.80. The Balaban J connectivity index is 1.97. The van der Waals surface area contributed by atoms with E-state index in [0.29, 0.717) is 12.1 Å². The number of aromatic carboxylic acids is 1. The van der Waals surface area contributed by atoms with Crippen LogP contribution in [0.3, 0.4) is 0 Å². The maximum Gasteiger partial charge on any atom is 0.340 e. The molecule has 14 nitrogen and oxygen atoms in total. The molecule has 1 aromatic heterocycles. The second-order valence-electron chi connectivity index (χ2n) is 10.6. The lowest BCUT2D eigenvalue weighted by Gasteiger charge is -2.18. The fourth-order valence-electron chi connectivity index (χ4n) is 5.36. The molecular weight excluding hydrogens is 620 g/mol. The van der Waals surface area contributed by atoms with Crippen molar-refractivity contribution in [2.45, 2.75) is 20.8 Å². The average molecular weight is 643 g/mol. The summed E-state index contributed by atoms with van der Waals surface area (Å²) in [4.78, 5) is 78.2. The number of carboxylic acid groups (broad SMARTS) is 1. The van der Waals surface area contributed by atoms with Crippen molar-refractivity contribution in [3.05, 3.63) is 80.0 Å². The molecule has 4 aromatic carbocycles. The summed E-state index contributed by atoms with van der Waals surface area (Å²) in [6.45, 7) is 3.15. The van der Waals surface area contributed by atoms with Gasteiger partial charge in [0.2, 0.25) is 11.2 Å². The van der Waals surface area contributed by atoms with E-state index in [-0.39, 0.29) is 16.7 Å². The zero-order valence-electron chi connectivity index (χ0n) is 24.5. The molecule has 238 valence electrons. The fraction of sp³-hybridized carbons (Fsp3) is 0.0909. The molecule has 0 fully saturated rings. The van der Waals surface area contributed by atoms with E-state index < -0.39 is 119 Å². The van der Waals surface area contributed by atoms with Crippen LogP contribution in [-0.4, -0.2) is 64.8 Å². The summed E-state index contributed by atoms with van der Waals surface area (Å²) in [5.74, 6) is -10.6. The van der Waals surface area contributed by atoms with Crippen molar-refractivity contribution in [1.29, 1.82) is 0 Å². The van der Waals surface area contributed by atoms with Crippen LogP contribution in [0.25, 0.3) is 33.1 Å². The number of rotatable bonds is 7. The Morgan fingerprint density at radius 3 is 1.77 bits per heavy atom. The first-order valence-corrected chi connectivity index (χ1v) is 13.4. The van der Waals surface area contributed by atoms with Gasteiger partial charge in [-0.05, 0) is 50.6 Å². The number of ketones is 4. The van der Waals surface area contributed by atoms with Crippen LogP contribution >= 0.6 is 0 Å². The molecule has 47 heavy (non-hydrogen) atoms. The molecule has 0 amide bonds. The molecule has 0 unspecified atom stereocenters. The Bertz CT molecular complexity index is 2360. The molecule has 0 saturated carbocycles. The van der Waals surface area contributed by atoms with Gasteiger partial charge in [0.15, 0.2) is 40.3 Å². The third-order valence-corrected chi connectivity index (χ3v) is 7.51. The van der Waals surface area contributed by atoms with Gasteiger partial charge in [-0.1, -0.05) is 0 Å². The van der Waals surface area contributed by atoms with Crippen molar-refractivity contribution < 1.29 is 64.1 Å². The van der Waals surface area contributed by atoms with Gasteiger partial charge in [0, 0.05) is 23.3 Å². The highest BCUT2D eigenvalue weighted by molar-refractivity contribution is 6.20. The molecule has 0 aliphatic heterocycles. The first-order chi connectivity index (χ1) is 22.0. The van der Waals surface area contributed by atoms with E-state index in [1.54, 1.807) is 0 Å². The largest absolute Gasteiger partial charge is 0.507 e. The van der Waals surface area contributed by atoms with Gasteiger partial charge >= 0.3 is 5.97 Å². The number of carbonyl (C=O) groups excluding carboxylic acids is 4. The standard InChI is InChI=1S/C33H22O14/c1-10(34)14-6-18-30(43)26-23(9-22(40)31(44)27(26)33(45)46)47-32(18)24(12(3)36)25(14)13-4-15(11(2)35)28(41)17(5-13)29(42)16-7-20(38)21(39)8-19(16)37/h4-9,37-41,44H,1-3H3,(H,45,46). The Morgan fingerprint density at radius 1 is 0.596 bits per heavy atom. The highest BCUT2D eigenvalue weighted by atomic mass is 16.4. The van der Waals surface area contributed by atoms with Crippen molar-refractivity contribution in [2.24, 2.45) is 0 Å². The third kappa shape index (κ3) is 4.93. The quantitative estimate of drug-likeness (QED) is 0.0562. The van der Waals surface area contributed by atoms with Crippen LogP contribution in [0.1, 0.15) is 78.1 Å². The van der Waals surface area contributed by atoms with Gasteiger partial charge in [-0.2, -0.15) is 0 Å². The molecule has 0 saturated heterocycles. The van der Waals surface area contributed by atoms with Crippen molar-refractivity contribution in [1.82, 2.24) is 0 Å². The second kappa shape index (κ2) is 11.0. The molecule has 5 rings (SSSR count). The molecule has 0 bridgehead atoms. The Morgan fingerprint density at radius 2 is 1.19 bits per heavy atom. The lowest BCUT2D eigenvalue weighted by atomic mass is 9.85. The predicted octanol–water partition coefficient (Wildman–Crippen LogP) is 4.38. The van der Waals surface area contributed by atoms with E-state index in [4.69, 9.17) is 4.42 Å². The molecular formula is C33H22O14. The van der Waals surface area contributed by atoms with Crippen molar-refractivity contribution in [3.8, 4) is 45.6 Å². The molecule has 0 spiro atoms. The highest BCUT2D eigenvalue weighted by Gasteiger charge is 2.30. The smallest absolute Gasteiger partial charge is 0.340 e. The first kappa shape index (κ1) is 31.7. The second-order valence-corrected chi connectivity index (χ2v) is 10.6. The lowest BCUT2D eigenvalue weighted by Crippen LogP contribution is -2.14. The summed E-state index contributed by atoms with van der Waals surface area (Å²) >= 11 is 0. The summed E-state index contributed by atoms with van der Waals surface area (Å²) in [5, 5.41) is 69.8. The van der Waals surface area contributed by atoms with E-state index in [2.05, 4.69) is 0 Å². The third-order valence-electron chi connectivity index (χ3n) is 7.51. The fourth-order valence-corrected chi connectivity index (χ4v) is 5.36. The number of Topliss-reactive ketones (excluding diaryl/α,β-unsaturated/α-hetero) is 3. The van der Waals surface area contributed by atoms with Gasteiger partial charge in [0.05, 0.1) is 33.0 Å². The van der Waals surface area contributed by atoms with Crippen molar-refractivity contribution in [2.75, 3.05) is 0 Å². The van der Waals surface area contributed by atoms with Crippen LogP contribution < -0.4 is 5.43 Å². The molecule has 1 heterocycles. The van der Waals surface area contributed by atoms with E-state index in [1.807, 2.05) is 0 Å². The minimum Gasteiger partial charge on any atom is -0.507 e. The Hall–Kier alpha value is -6.70. The van der Waals surface area contributed by atoms with Gasteiger partial charge in [-0.25, -0.2) is 4.79 Å². The number of aromatic hydroxyl groups is 6. The van der Waals surface area contributed by atoms with E-state index in [0.717, 1.165) is 45.0 Å². The SMILES string of the molecule is CC(=O)c1cc(-c2c(C(C)=O)cc3c(=O)c4c(C(=O)O)c(O)c(O)cc4oc3c2C(C)=O)cc(C(=O)c2cc(O)c(O)cc2O)c1O. The number of hydrogen-bond acceptors (Lipinski definition) is 13. The van der Waals surface area contributed by atoms with Crippen LogP contribution in [0.5, 0.6) is 34.5 Å². The van der Waals surface area contributed by atoms with E-state index in [1.165, 1.54) is 0 Å². The summed E-state index contributed by atoms with van der Waals surface area (Å²) in [7, 11) is 0. The summed E-state index contributed by atoms with van der Waals surface area (Å²) in [6.07, 6.45) is 0. The van der Waals surface area contributed by atoms with Crippen molar-refractivity contribution >= 4 is 51.0 Å². The lowest BCUT2D eigenvalue weighted by molar-refractivity contribution is 0.0694. The zero-order chi connectivity index (χ0) is 34.8. The monoisotopic (exact) mass is 642 g/mol. The minimum atomic E-state index is -1.80. The number of carbonyl (C=O) groups is 5. The number of carboxylic acids is 1. The van der Waals surface area contributed by atoms with E-state index >= 15 is 0 Å². The van der Waals surface area contributed by atoms with Crippen LogP contribution in [0.2, 0.25) is 0 Å². The van der Waals surface area contributed by atoms with Gasteiger partial charge in [0.1, 0.15) is 28.2 Å². The van der Waals surface area contributed by atoms with Gasteiger partial charge in [-0.15, -0.1) is 0 Å². The molecule has 0 aliphatic carbocycles. The van der Waals surface area contributed by atoms with Crippen molar-refractivity contribution in [3.63, 3.8) is 0 Å². The molecule has 0 radical (unpaired) electrons. The number of phenols is 6. The molecule has 0 atom stereocenters. The molecule has 5 aromatic rings. The molecule has 7 N–H and O–H groups in total. The van der Waals surface area contributed by atoms with E-state index in [9.17, 15) is 64.5 Å². The first-order valence-electron chi connectivity index (χ1n) is 13.4. The number of fused-ring (bicyclic) bond motifs is 2. The maximum atomic E-state index is 13.7. The Kier molecular flexibility index (Phi) is 7.44. The maximum absolute atomic E-state index is 13.7. The van der Waals surface area contributed by atoms with Crippen LogP contribution in [-0.2, 0) is 0 Å². The zero-order valence-corrected chi connectivity index (χ0v) is 24.5. The summed E-state index contributed by atoms with van der Waals surface area (Å²) in [6, 6.07) is 5.17. The van der Waals surface area contributed by atoms with Gasteiger partial charge < -0.3 is 40.2 Å².